The average Bonchev–Trinajstić information content (AvgIpc) is 3.58. The van der Waals surface area contributed by atoms with Crippen molar-refractivity contribution in [1.82, 2.24) is 9.38 Å². The van der Waals surface area contributed by atoms with Crippen LogP contribution in [0.5, 0.6) is 0 Å². The first kappa shape index (κ1) is 24.1. The molecule has 0 saturated heterocycles. The van der Waals surface area contributed by atoms with Crippen LogP contribution in [0.15, 0.2) is 115 Å². The zero-order valence-electron chi connectivity index (χ0n) is 20.6. The number of pyridine rings is 1. The summed E-state index contributed by atoms with van der Waals surface area (Å²) in [5, 5.41) is 6.52. The van der Waals surface area contributed by atoms with Crippen molar-refractivity contribution in [3.05, 3.63) is 136 Å². The number of anilines is 1. The number of hydrogen-bond donors (Lipinski definition) is 1. The molecule has 1 N–H and O–H groups in total. The van der Waals surface area contributed by atoms with E-state index in [9.17, 15) is 0 Å². The van der Waals surface area contributed by atoms with E-state index in [-0.39, 0.29) is 0 Å². The summed E-state index contributed by atoms with van der Waals surface area (Å²) >= 11 is 7.73. The van der Waals surface area contributed by atoms with Gasteiger partial charge in [-0.25, -0.2) is 4.98 Å². The van der Waals surface area contributed by atoms with Crippen LogP contribution in [0, 0.1) is 11.8 Å². The molecule has 0 spiro atoms. The van der Waals surface area contributed by atoms with Crippen LogP contribution in [0.4, 0.5) is 5.82 Å². The first-order chi connectivity index (χ1) is 18.7. The van der Waals surface area contributed by atoms with E-state index >= 15 is 0 Å². The highest BCUT2D eigenvalue weighted by atomic mass is 35.5. The maximum Gasteiger partial charge on any atom is 0.139 e. The van der Waals surface area contributed by atoms with Gasteiger partial charge in [0.2, 0.25) is 0 Å². The summed E-state index contributed by atoms with van der Waals surface area (Å²) in [5.41, 5.74) is 7.38. The molecule has 0 saturated carbocycles. The normalized spacial score (nSPS) is 10.8. The Hall–Kier alpha value is -4.30. The quantitative estimate of drug-likeness (QED) is 0.219. The minimum absolute atomic E-state index is 0.754. The molecule has 0 fully saturated rings. The summed E-state index contributed by atoms with van der Waals surface area (Å²) in [6.07, 6.45) is 2.98. The van der Waals surface area contributed by atoms with Gasteiger partial charge in [-0.15, -0.1) is 11.3 Å². The van der Waals surface area contributed by atoms with Crippen molar-refractivity contribution in [1.29, 1.82) is 0 Å². The molecule has 0 bridgehead atoms. The topological polar surface area (TPSA) is 29.3 Å². The number of nitrogens with zero attached hydrogens (tertiary/aromatic N) is 2. The van der Waals surface area contributed by atoms with Crippen molar-refractivity contribution >= 4 is 34.4 Å². The van der Waals surface area contributed by atoms with Gasteiger partial charge >= 0.3 is 0 Å². The van der Waals surface area contributed by atoms with Crippen molar-refractivity contribution in [2.75, 3.05) is 11.9 Å². The number of thiophene rings is 1. The highest BCUT2D eigenvalue weighted by Crippen LogP contribution is 2.34. The Labute approximate surface area is 231 Å². The molecule has 3 heterocycles. The van der Waals surface area contributed by atoms with Crippen LogP contribution >= 0.6 is 22.9 Å². The number of halogens is 1. The van der Waals surface area contributed by atoms with Gasteiger partial charge in [-0.1, -0.05) is 84.1 Å². The van der Waals surface area contributed by atoms with Crippen LogP contribution in [0.25, 0.3) is 27.3 Å². The van der Waals surface area contributed by atoms with Crippen LogP contribution < -0.4 is 5.32 Å². The van der Waals surface area contributed by atoms with Crippen molar-refractivity contribution in [2.24, 2.45) is 0 Å². The van der Waals surface area contributed by atoms with E-state index in [1.807, 2.05) is 48.5 Å². The minimum Gasteiger partial charge on any atom is -0.369 e. The average molecular weight is 530 g/mol. The summed E-state index contributed by atoms with van der Waals surface area (Å²) in [6.45, 7) is 0.773. The van der Waals surface area contributed by atoms with E-state index in [1.165, 1.54) is 11.1 Å². The molecule has 3 aromatic heterocycles. The fraction of sp³-hybridized carbons (Fsp3) is 0.0606. The van der Waals surface area contributed by atoms with E-state index in [4.69, 9.17) is 16.6 Å². The molecule has 0 aliphatic heterocycles. The molecule has 3 nitrogen and oxygen atoms in total. The van der Waals surface area contributed by atoms with Gasteiger partial charge in [0.15, 0.2) is 0 Å². The number of nitrogens with one attached hydrogen (secondary N) is 1. The fourth-order valence-electron chi connectivity index (χ4n) is 4.36. The lowest BCUT2D eigenvalue weighted by molar-refractivity contribution is 0.999. The summed E-state index contributed by atoms with van der Waals surface area (Å²) in [5.74, 6) is 7.54. The second-order valence-corrected chi connectivity index (χ2v) is 10.3. The van der Waals surface area contributed by atoms with E-state index in [0.717, 1.165) is 56.7 Å². The van der Waals surface area contributed by atoms with Crippen LogP contribution in [-0.4, -0.2) is 15.9 Å². The van der Waals surface area contributed by atoms with E-state index in [2.05, 4.69) is 87.7 Å². The third kappa shape index (κ3) is 5.35. The molecule has 0 unspecified atom stereocenters. The maximum absolute atomic E-state index is 6.06. The van der Waals surface area contributed by atoms with Crippen molar-refractivity contribution in [3.8, 4) is 33.5 Å². The molecule has 6 aromatic rings. The molecule has 184 valence electrons. The number of benzene rings is 3. The van der Waals surface area contributed by atoms with Gasteiger partial charge in [0.1, 0.15) is 17.2 Å². The smallest absolute Gasteiger partial charge is 0.139 e. The van der Waals surface area contributed by atoms with Gasteiger partial charge in [0.25, 0.3) is 0 Å². The standard InChI is InChI=1S/C33H24ClN3S/c34-29-15-13-25(14-16-29)17-19-35-33-32(30-21-26(23-38-30)12-11-24-7-3-1-4-8-24)36-31-22-28(18-20-37(31)33)27-9-5-2-6-10-27/h1-10,13-16,18,20-23,35H,17,19H2. The van der Waals surface area contributed by atoms with Crippen molar-refractivity contribution in [2.45, 2.75) is 6.42 Å². The molecule has 0 aliphatic carbocycles. The molecule has 0 aliphatic rings. The van der Waals surface area contributed by atoms with Gasteiger partial charge in [-0.2, -0.15) is 0 Å². The summed E-state index contributed by atoms with van der Waals surface area (Å²) in [4.78, 5) is 6.17. The van der Waals surface area contributed by atoms with Crippen molar-refractivity contribution in [3.63, 3.8) is 0 Å². The van der Waals surface area contributed by atoms with E-state index < -0.39 is 0 Å². The van der Waals surface area contributed by atoms with Gasteiger partial charge in [-0.05, 0) is 65.6 Å². The first-order valence-electron chi connectivity index (χ1n) is 12.4. The molecule has 0 amide bonds. The number of imidazole rings is 1. The third-order valence-electron chi connectivity index (χ3n) is 6.31. The molecular weight excluding hydrogens is 506 g/mol. The van der Waals surface area contributed by atoms with Crippen LogP contribution in [-0.2, 0) is 6.42 Å². The fourth-order valence-corrected chi connectivity index (χ4v) is 5.32. The molecule has 5 heteroatoms. The Morgan fingerprint density at radius 3 is 2.32 bits per heavy atom. The number of fused-ring (bicyclic) bond motifs is 1. The second-order valence-electron chi connectivity index (χ2n) is 8.94. The molecular formula is C33H24ClN3S. The van der Waals surface area contributed by atoms with Crippen LogP contribution in [0.1, 0.15) is 16.7 Å². The van der Waals surface area contributed by atoms with E-state index in [1.54, 1.807) is 11.3 Å². The van der Waals surface area contributed by atoms with Gasteiger partial charge < -0.3 is 5.32 Å². The molecule has 6 rings (SSSR count). The second kappa shape index (κ2) is 11.0. The lowest BCUT2D eigenvalue weighted by Crippen LogP contribution is -2.07. The lowest BCUT2D eigenvalue weighted by atomic mass is 10.1. The first-order valence-corrected chi connectivity index (χ1v) is 13.7. The summed E-state index contributed by atoms with van der Waals surface area (Å²) in [6, 6.07) is 34.9. The van der Waals surface area contributed by atoms with Gasteiger partial charge in [0.05, 0.1) is 4.88 Å². The lowest BCUT2D eigenvalue weighted by Gasteiger charge is -2.09. The maximum atomic E-state index is 6.06. The third-order valence-corrected chi connectivity index (χ3v) is 7.50. The van der Waals surface area contributed by atoms with Crippen LogP contribution in [0.3, 0.4) is 0 Å². The van der Waals surface area contributed by atoms with Crippen LogP contribution in [0.2, 0.25) is 5.02 Å². The number of hydrogen-bond acceptors (Lipinski definition) is 3. The molecule has 38 heavy (non-hydrogen) atoms. The van der Waals surface area contributed by atoms with Crippen molar-refractivity contribution < 1.29 is 0 Å². The Kier molecular flexibility index (Phi) is 6.95. The predicted molar refractivity (Wildman–Crippen MR) is 160 cm³/mol. The van der Waals surface area contributed by atoms with E-state index in [0.29, 0.717) is 0 Å². The largest absolute Gasteiger partial charge is 0.369 e. The molecule has 3 aromatic carbocycles. The zero-order chi connectivity index (χ0) is 25.7. The molecule has 0 radical (unpaired) electrons. The SMILES string of the molecule is Clc1ccc(CCNc2c(-c3cc(C#Cc4ccccc4)cs3)nc3cc(-c4ccccc4)ccn23)cc1. The number of rotatable bonds is 6. The highest BCUT2D eigenvalue weighted by Gasteiger charge is 2.16. The summed E-state index contributed by atoms with van der Waals surface area (Å²) < 4.78 is 2.14. The highest BCUT2D eigenvalue weighted by molar-refractivity contribution is 7.13. The minimum atomic E-state index is 0.754. The Morgan fingerprint density at radius 1 is 0.789 bits per heavy atom. The predicted octanol–water partition coefficient (Wildman–Crippen LogP) is 8.44. The Balaban J connectivity index is 1.34. The molecule has 0 atom stereocenters. The van der Waals surface area contributed by atoms with Gasteiger partial charge in [0, 0.05) is 34.3 Å². The number of aromatic nitrogens is 2. The Morgan fingerprint density at radius 2 is 1.53 bits per heavy atom. The van der Waals surface area contributed by atoms with Gasteiger partial charge in [-0.3, -0.25) is 4.40 Å². The monoisotopic (exact) mass is 529 g/mol. The zero-order valence-corrected chi connectivity index (χ0v) is 22.1. The summed E-state index contributed by atoms with van der Waals surface area (Å²) in [7, 11) is 0. The Bertz CT molecular complexity index is 1740.